The second-order valence-electron chi connectivity index (χ2n) is 6.53. The first-order valence-corrected chi connectivity index (χ1v) is 9.32. The second kappa shape index (κ2) is 9.07. The Kier molecular flexibility index (Phi) is 7.38. The average Bonchev–Trinajstić information content (AvgIpc) is 3.24. The van der Waals surface area contributed by atoms with Crippen molar-refractivity contribution in [3.05, 3.63) is 28.2 Å². The van der Waals surface area contributed by atoms with Crippen molar-refractivity contribution < 1.29 is 9.53 Å². The molecule has 4 nitrogen and oxygen atoms in total. The average molecular weight is 418 g/mol. The summed E-state index contributed by atoms with van der Waals surface area (Å²) in [6.45, 7) is 3.03. The highest BCUT2D eigenvalue weighted by molar-refractivity contribution is 9.10. The Hall–Kier alpha value is -0.780. The van der Waals surface area contributed by atoms with Crippen LogP contribution in [0.25, 0.3) is 0 Å². The van der Waals surface area contributed by atoms with Gasteiger partial charge in [-0.1, -0.05) is 15.9 Å². The number of nitrogens with zero attached hydrogens (tertiary/aromatic N) is 1. The molecule has 24 heavy (non-hydrogen) atoms. The predicted octanol–water partition coefficient (Wildman–Crippen LogP) is 3.93. The smallest absolute Gasteiger partial charge is 0.223 e. The highest BCUT2D eigenvalue weighted by Crippen LogP contribution is 2.39. The van der Waals surface area contributed by atoms with E-state index in [1.54, 1.807) is 7.11 Å². The van der Waals surface area contributed by atoms with Crippen LogP contribution in [0, 0.1) is 5.92 Å². The summed E-state index contributed by atoms with van der Waals surface area (Å²) in [6, 6.07) is 6.20. The Balaban J connectivity index is 0.00000208. The van der Waals surface area contributed by atoms with Crippen LogP contribution >= 0.6 is 28.3 Å². The minimum atomic E-state index is 0. The summed E-state index contributed by atoms with van der Waals surface area (Å²) in [5.74, 6) is 1.83. The van der Waals surface area contributed by atoms with Crippen molar-refractivity contribution in [2.45, 2.75) is 38.1 Å². The van der Waals surface area contributed by atoms with Gasteiger partial charge in [-0.2, -0.15) is 0 Å². The van der Waals surface area contributed by atoms with Crippen LogP contribution < -0.4 is 10.1 Å². The monoisotopic (exact) mass is 416 g/mol. The van der Waals surface area contributed by atoms with Gasteiger partial charge >= 0.3 is 0 Å². The lowest BCUT2D eigenvalue weighted by molar-refractivity contribution is -0.132. The Morgan fingerprint density at radius 1 is 1.42 bits per heavy atom. The van der Waals surface area contributed by atoms with Gasteiger partial charge in [-0.15, -0.1) is 12.4 Å². The quantitative estimate of drug-likeness (QED) is 0.789. The first-order valence-electron chi connectivity index (χ1n) is 8.52. The molecular weight excluding hydrogens is 392 g/mol. The van der Waals surface area contributed by atoms with E-state index < -0.39 is 0 Å². The third-order valence-corrected chi connectivity index (χ3v) is 5.55. The summed E-state index contributed by atoms with van der Waals surface area (Å²) in [4.78, 5) is 14.8. The molecule has 2 aliphatic rings. The van der Waals surface area contributed by atoms with E-state index >= 15 is 0 Å². The molecule has 6 heteroatoms. The maximum Gasteiger partial charge on any atom is 0.223 e. The minimum Gasteiger partial charge on any atom is -0.496 e. The van der Waals surface area contributed by atoms with Crippen LogP contribution in [0.4, 0.5) is 0 Å². The molecule has 1 aromatic carbocycles. The van der Waals surface area contributed by atoms with Gasteiger partial charge in [-0.05, 0) is 62.9 Å². The van der Waals surface area contributed by atoms with Gasteiger partial charge in [0.15, 0.2) is 0 Å². The first kappa shape index (κ1) is 19.5. The van der Waals surface area contributed by atoms with Crippen molar-refractivity contribution in [3.8, 4) is 5.75 Å². The van der Waals surface area contributed by atoms with E-state index in [0.29, 0.717) is 18.2 Å². The molecule has 2 heterocycles. The van der Waals surface area contributed by atoms with E-state index in [9.17, 15) is 4.79 Å². The van der Waals surface area contributed by atoms with Gasteiger partial charge < -0.3 is 15.0 Å². The van der Waals surface area contributed by atoms with Crippen LogP contribution in [0.5, 0.6) is 5.75 Å². The van der Waals surface area contributed by atoms with E-state index in [4.69, 9.17) is 4.74 Å². The van der Waals surface area contributed by atoms with Crippen molar-refractivity contribution in [1.29, 1.82) is 0 Å². The fourth-order valence-electron chi connectivity index (χ4n) is 3.79. The molecule has 0 saturated carbocycles. The normalized spacial score (nSPS) is 23.2. The standard InChI is InChI=1S/C18H25BrN2O2.ClH/c1-23-17-6-5-14(19)11-15(17)16-3-2-10-21(16)18(22)7-4-13-8-9-20-12-13;/h5-6,11,13,16,20H,2-4,7-10,12H2,1H3;1H. The van der Waals surface area contributed by atoms with Crippen LogP contribution in [0.3, 0.4) is 0 Å². The molecule has 2 saturated heterocycles. The molecule has 1 aromatic rings. The minimum absolute atomic E-state index is 0. The molecule has 0 spiro atoms. The van der Waals surface area contributed by atoms with Crippen LogP contribution in [-0.2, 0) is 4.79 Å². The second-order valence-corrected chi connectivity index (χ2v) is 7.44. The van der Waals surface area contributed by atoms with Gasteiger partial charge in [0.2, 0.25) is 5.91 Å². The fraction of sp³-hybridized carbons (Fsp3) is 0.611. The zero-order chi connectivity index (χ0) is 16.2. The number of hydrogen-bond acceptors (Lipinski definition) is 3. The number of carbonyl (C=O) groups excluding carboxylic acids is 1. The van der Waals surface area contributed by atoms with Gasteiger partial charge in [0, 0.05) is 23.0 Å². The lowest BCUT2D eigenvalue weighted by Gasteiger charge is -2.27. The van der Waals surface area contributed by atoms with Crippen molar-refractivity contribution in [2.24, 2.45) is 5.92 Å². The molecule has 2 atom stereocenters. The lowest BCUT2D eigenvalue weighted by atomic mass is 10.0. The van der Waals surface area contributed by atoms with Gasteiger partial charge in [0.1, 0.15) is 5.75 Å². The highest BCUT2D eigenvalue weighted by Gasteiger charge is 2.32. The lowest BCUT2D eigenvalue weighted by Crippen LogP contribution is -2.31. The summed E-state index contributed by atoms with van der Waals surface area (Å²) in [5.41, 5.74) is 1.12. The molecule has 1 N–H and O–H groups in total. The summed E-state index contributed by atoms with van der Waals surface area (Å²) >= 11 is 3.54. The molecule has 0 aliphatic carbocycles. The summed E-state index contributed by atoms with van der Waals surface area (Å²) in [6.07, 6.45) is 4.96. The number of hydrogen-bond donors (Lipinski definition) is 1. The topological polar surface area (TPSA) is 41.6 Å². The number of likely N-dealkylation sites (tertiary alicyclic amines) is 1. The zero-order valence-electron chi connectivity index (χ0n) is 14.1. The SMILES string of the molecule is COc1ccc(Br)cc1C1CCCN1C(=O)CCC1CCNC1.Cl. The third-order valence-electron chi connectivity index (χ3n) is 5.05. The molecule has 2 unspecified atom stereocenters. The summed E-state index contributed by atoms with van der Waals surface area (Å²) < 4.78 is 6.55. The zero-order valence-corrected chi connectivity index (χ0v) is 16.5. The van der Waals surface area contributed by atoms with Gasteiger partial charge in [0.05, 0.1) is 13.2 Å². The maximum absolute atomic E-state index is 12.7. The van der Waals surface area contributed by atoms with Gasteiger partial charge in [0.25, 0.3) is 0 Å². The van der Waals surface area contributed by atoms with Crippen LogP contribution in [0.15, 0.2) is 22.7 Å². The Labute approximate surface area is 158 Å². The summed E-state index contributed by atoms with van der Waals surface area (Å²) in [5, 5.41) is 3.37. The molecule has 2 fully saturated rings. The first-order chi connectivity index (χ1) is 11.2. The van der Waals surface area contributed by atoms with Crippen molar-refractivity contribution in [1.82, 2.24) is 10.2 Å². The number of halogens is 2. The van der Waals surface area contributed by atoms with Crippen LogP contribution in [-0.4, -0.2) is 37.6 Å². The van der Waals surface area contributed by atoms with Crippen LogP contribution in [0.2, 0.25) is 0 Å². The van der Waals surface area contributed by atoms with Gasteiger partial charge in [-0.3, -0.25) is 4.79 Å². The number of carbonyl (C=O) groups is 1. The number of methoxy groups -OCH3 is 1. The number of rotatable bonds is 5. The van der Waals surface area contributed by atoms with E-state index in [1.165, 1.54) is 6.42 Å². The molecule has 0 bridgehead atoms. The van der Waals surface area contributed by atoms with E-state index in [1.807, 2.05) is 12.1 Å². The molecule has 0 aromatic heterocycles. The Morgan fingerprint density at radius 3 is 2.96 bits per heavy atom. The van der Waals surface area contributed by atoms with E-state index in [2.05, 4.69) is 32.2 Å². The molecular formula is C18H26BrClN2O2. The number of ether oxygens (including phenoxy) is 1. The van der Waals surface area contributed by atoms with Crippen molar-refractivity contribution >= 4 is 34.2 Å². The Bertz CT molecular complexity index is 564. The third kappa shape index (κ3) is 4.44. The van der Waals surface area contributed by atoms with Crippen molar-refractivity contribution in [3.63, 3.8) is 0 Å². The van der Waals surface area contributed by atoms with E-state index in [0.717, 1.165) is 54.7 Å². The molecule has 134 valence electrons. The Morgan fingerprint density at radius 2 is 2.25 bits per heavy atom. The number of nitrogens with one attached hydrogen (secondary N) is 1. The predicted molar refractivity (Wildman–Crippen MR) is 102 cm³/mol. The maximum atomic E-state index is 12.7. The summed E-state index contributed by atoms with van der Waals surface area (Å²) in [7, 11) is 1.70. The molecule has 1 amide bonds. The largest absolute Gasteiger partial charge is 0.496 e. The van der Waals surface area contributed by atoms with Crippen molar-refractivity contribution in [2.75, 3.05) is 26.7 Å². The van der Waals surface area contributed by atoms with Gasteiger partial charge in [-0.25, -0.2) is 0 Å². The molecule has 0 radical (unpaired) electrons. The van der Waals surface area contributed by atoms with Crippen LogP contribution in [0.1, 0.15) is 43.7 Å². The number of benzene rings is 1. The fourth-order valence-corrected chi connectivity index (χ4v) is 4.17. The van der Waals surface area contributed by atoms with E-state index in [-0.39, 0.29) is 18.4 Å². The molecule has 3 rings (SSSR count). The number of amides is 1. The highest BCUT2D eigenvalue weighted by atomic mass is 79.9. The molecule has 2 aliphatic heterocycles.